The number of aryl methyl sites for hydroxylation is 1. The second kappa shape index (κ2) is 8.27. The van der Waals surface area contributed by atoms with E-state index < -0.39 is 14.2 Å². The molecule has 0 saturated heterocycles. The molecule has 3 N–H and O–H groups in total. The first-order valence-electron chi connectivity index (χ1n) is 10.3. The molecule has 1 amide bonds. The zero-order valence-electron chi connectivity index (χ0n) is 18.4. The highest BCUT2D eigenvalue weighted by Gasteiger charge is 2.39. The second-order valence-electron chi connectivity index (χ2n) is 9.30. The van der Waals surface area contributed by atoms with E-state index in [-0.39, 0.29) is 22.7 Å². The van der Waals surface area contributed by atoms with Gasteiger partial charge in [-0.3, -0.25) is 4.79 Å². The molecule has 0 aliphatic rings. The SMILES string of the molecule is CC(C)(C)[Si](C)(C)O[C@H](CCCn1ccc2ccc(O)cc21)n1cnc(C(N)=O)c1. The first-order chi connectivity index (χ1) is 14.0. The Balaban J connectivity index is 1.77. The molecule has 3 aromatic rings. The van der Waals surface area contributed by atoms with Gasteiger partial charge in [-0.05, 0) is 54.6 Å². The Morgan fingerprint density at radius 2 is 2.03 bits per heavy atom. The van der Waals surface area contributed by atoms with E-state index in [1.54, 1.807) is 24.7 Å². The van der Waals surface area contributed by atoms with Crippen molar-refractivity contribution >= 4 is 25.1 Å². The summed E-state index contributed by atoms with van der Waals surface area (Å²) in [5.41, 5.74) is 6.63. The Morgan fingerprint density at radius 1 is 1.30 bits per heavy atom. The first kappa shape index (κ1) is 22.1. The number of benzene rings is 1. The molecular weight excluding hydrogens is 396 g/mol. The molecule has 0 spiro atoms. The maximum atomic E-state index is 11.5. The number of hydrogen-bond acceptors (Lipinski definition) is 4. The summed E-state index contributed by atoms with van der Waals surface area (Å²) in [4.78, 5) is 15.6. The van der Waals surface area contributed by atoms with E-state index in [2.05, 4.69) is 43.4 Å². The molecule has 7 nitrogen and oxygen atoms in total. The molecule has 0 fully saturated rings. The molecule has 0 unspecified atom stereocenters. The summed E-state index contributed by atoms with van der Waals surface area (Å²) in [6, 6.07) is 7.45. The fourth-order valence-corrected chi connectivity index (χ4v) is 4.48. The van der Waals surface area contributed by atoms with Crippen LogP contribution in [0.2, 0.25) is 18.1 Å². The number of phenolic OH excluding ortho intramolecular Hbond substituents is 1. The van der Waals surface area contributed by atoms with E-state index in [1.807, 2.05) is 22.9 Å². The minimum absolute atomic E-state index is 0.0620. The van der Waals surface area contributed by atoms with Gasteiger partial charge in [0.2, 0.25) is 0 Å². The maximum absolute atomic E-state index is 11.5. The Hall–Kier alpha value is -2.58. The largest absolute Gasteiger partial charge is 0.508 e. The van der Waals surface area contributed by atoms with Crippen molar-refractivity contribution in [3.8, 4) is 5.75 Å². The number of amides is 1. The van der Waals surface area contributed by atoms with Crippen LogP contribution in [0.3, 0.4) is 0 Å². The highest BCUT2D eigenvalue weighted by atomic mass is 28.4. The number of primary amides is 1. The molecule has 2 aromatic heterocycles. The van der Waals surface area contributed by atoms with Gasteiger partial charge in [0.1, 0.15) is 17.7 Å². The van der Waals surface area contributed by atoms with E-state index in [4.69, 9.17) is 10.2 Å². The zero-order chi connectivity index (χ0) is 22.1. The van der Waals surface area contributed by atoms with Crippen molar-refractivity contribution in [1.29, 1.82) is 0 Å². The number of nitrogens with zero attached hydrogens (tertiary/aromatic N) is 3. The van der Waals surface area contributed by atoms with Crippen molar-refractivity contribution in [1.82, 2.24) is 14.1 Å². The molecule has 0 radical (unpaired) electrons. The van der Waals surface area contributed by atoms with E-state index in [9.17, 15) is 9.90 Å². The minimum atomic E-state index is -2.04. The lowest BCUT2D eigenvalue weighted by atomic mass is 10.2. The zero-order valence-corrected chi connectivity index (χ0v) is 19.4. The van der Waals surface area contributed by atoms with Crippen LogP contribution < -0.4 is 5.73 Å². The average Bonchev–Trinajstić information content (AvgIpc) is 3.27. The Labute approximate surface area is 178 Å². The Bertz CT molecular complexity index is 1030. The Kier molecular flexibility index (Phi) is 6.10. The van der Waals surface area contributed by atoms with E-state index in [0.29, 0.717) is 0 Å². The van der Waals surface area contributed by atoms with Crippen LogP contribution in [0, 0.1) is 0 Å². The summed E-state index contributed by atoms with van der Waals surface area (Å²) < 4.78 is 10.7. The van der Waals surface area contributed by atoms with Crippen LogP contribution in [0.15, 0.2) is 43.0 Å². The number of rotatable bonds is 8. The fourth-order valence-electron chi connectivity index (χ4n) is 3.21. The molecule has 0 aliphatic carbocycles. The third kappa shape index (κ3) is 4.76. The summed E-state index contributed by atoms with van der Waals surface area (Å²) in [5, 5.41) is 11.0. The summed E-state index contributed by atoms with van der Waals surface area (Å²) >= 11 is 0. The number of carbonyl (C=O) groups excluding carboxylic acids is 1. The number of imidazole rings is 1. The summed E-state index contributed by atoms with van der Waals surface area (Å²) in [5.74, 6) is -0.280. The third-order valence-corrected chi connectivity index (χ3v) is 10.5. The second-order valence-corrected chi connectivity index (χ2v) is 14.1. The quantitative estimate of drug-likeness (QED) is 0.511. The number of fused-ring (bicyclic) bond motifs is 1. The maximum Gasteiger partial charge on any atom is 0.268 e. The molecular formula is C22H32N4O3Si. The van der Waals surface area contributed by atoms with Crippen LogP contribution in [0.4, 0.5) is 0 Å². The number of aromatic hydroxyl groups is 1. The van der Waals surface area contributed by atoms with Gasteiger partial charge in [-0.1, -0.05) is 20.8 Å². The monoisotopic (exact) mass is 428 g/mol. The van der Waals surface area contributed by atoms with Gasteiger partial charge in [-0.15, -0.1) is 0 Å². The molecule has 1 atom stereocenters. The molecule has 3 rings (SSSR count). The first-order valence-corrected chi connectivity index (χ1v) is 13.2. The number of nitrogens with two attached hydrogens (primary N) is 1. The standard InChI is InChI=1S/C22H32N4O3Si/c1-22(2,3)30(4,5)29-20(26-14-18(21(23)28)24-15-26)7-6-11-25-12-10-16-8-9-17(27)13-19(16)25/h8-10,12-15,20,27H,6-7,11H2,1-5H3,(H2,23,28)/t20-/m1/s1. The van der Waals surface area contributed by atoms with Gasteiger partial charge in [0.25, 0.3) is 5.91 Å². The number of hydrogen-bond donors (Lipinski definition) is 2. The van der Waals surface area contributed by atoms with Crippen LogP contribution in [-0.2, 0) is 11.0 Å². The van der Waals surface area contributed by atoms with Crippen LogP contribution >= 0.6 is 0 Å². The lowest BCUT2D eigenvalue weighted by Crippen LogP contribution is -2.42. The summed E-state index contributed by atoms with van der Waals surface area (Å²) in [7, 11) is -2.04. The lowest BCUT2D eigenvalue weighted by molar-refractivity contribution is 0.0984. The molecule has 0 aliphatic heterocycles. The van der Waals surface area contributed by atoms with Gasteiger partial charge in [0.05, 0.1) is 11.8 Å². The van der Waals surface area contributed by atoms with Gasteiger partial charge >= 0.3 is 0 Å². The van der Waals surface area contributed by atoms with Gasteiger partial charge in [-0.2, -0.15) is 0 Å². The summed E-state index contributed by atoms with van der Waals surface area (Å²) in [6.45, 7) is 11.8. The fraction of sp³-hybridized carbons (Fsp3) is 0.455. The van der Waals surface area contributed by atoms with Gasteiger partial charge in [0, 0.05) is 25.0 Å². The highest BCUT2D eigenvalue weighted by Crippen LogP contribution is 2.39. The normalized spacial score (nSPS) is 13.6. The van der Waals surface area contributed by atoms with E-state index in [0.717, 1.165) is 30.3 Å². The van der Waals surface area contributed by atoms with Crippen molar-refractivity contribution in [3.63, 3.8) is 0 Å². The van der Waals surface area contributed by atoms with Crippen LogP contribution in [0.5, 0.6) is 5.75 Å². The van der Waals surface area contributed by atoms with Crippen molar-refractivity contribution < 1.29 is 14.3 Å². The number of carbonyl (C=O) groups is 1. The predicted octanol–water partition coefficient (Wildman–Crippen LogP) is 4.64. The van der Waals surface area contributed by atoms with E-state index in [1.165, 1.54) is 0 Å². The van der Waals surface area contributed by atoms with Gasteiger partial charge in [0.15, 0.2) is 8.32 Å². The molecule has 1 aromatic carbocycles. The van der Waals surface area contributed by atoms with Crippen molar-refractivity contribution in [2.24, 2.45) is 5.73 Å². The molecule has 8 heteroatoms. The lowest BCUT2D eigenvalue weighted by Gasteiger charge is -2.39. The summed E-state index contributed by atoms with van der Waals surface area (Å²) in [6.07, 6.45) is 6.74. The Morgan fingerprint density at radius 3 is 2.67 bits per heavy atom. The smallest absolute Gasteiger partial charge is 0.268 e. The highest BCUT2D eigenvalue weighted by molar-refractivity contribution is 6.74. The predicted molar refractivity (Wildman–Crippen MR) is 121 cm³/mol. The van der Waals surface area contributed by atoms with Gasteiger partial charge < -0.3 is 24.4 Å². The van der Waals surface area contributed by atoms with Crippen molar-refractivity contribution in [2.45, 2.75) is 64.5 Å². The molecule has 30 heavy (non-hydrogen) atoms. The molecule has 0 bridgehead atoms. The van der Waals surface area contributed by atoms with E-state index >= 15 is 0 Å². The third-order valence-electron chi connectivity index (χ3n) is 6.03. The minimum Gasteiger partial charge on any atom is -0.508 e. The van der Waals surface area contributed by atoms with Crippen molar-refractivity contribution in [2.75, 3.05) is 0 Å². The van der Waals surface area contributed by atoms with Crippen LogP contribution in [-0.4, -0.2) is 33.4 Å². The molecule has 0 saturated carbocycles. The number of phenols is 1. The average molecular weight is 429 g/mol. The molecule has 2 heterocycles. The number of aromatic nitrogens is 3. The van der Waals surface area contributed by atoms with Crippen LogP contribution in [0.25, 0.3) is 10.9 Å². The topological polar surface area (TPSA) is 95.3 Å². The van der Waals surface area contributed by atoms with Gasteiger partial charge in [-0.25, -0.2) is 4.98 Å². The van der Waals surface area contributed by atoms with Crippen LogP contribution in [0.1, 0.15) is 50.3 Å². The molecule has 162 valence electrons. The van der Waals surface area contributed by atoms with Crippen molar-refractivity contribution in [3.05, 3.63) is 48.7 Å².